The molecule has 1 aromatic heterocycles. The molecule has 1 heterocycles. The summed E-state index contributed by atoms with van der Waals surface area (Å²) in [7, 11) is 0. The highest BCUT2D eigenvalue weighted by Crippen LogP contribution is 1.96. The maximum Gasteiger partial charge on any atom is 0.354 e. The molecular formula is C6H7ClN2O3. The normalized spacial score (nSPS) is 12.5. The second-order valence-corrected chi connectivity index (χ2v) is 2.33. The van der Waals surface area contributed by atoms with Gasteiger partial charge in [-0.05, 0) is 0 Å². The van der Waals surface area contributed by atoms with Gasteiger partial charge in [-0.15, -0.1) is 0 Å². The summed E-state index contributed by atoms with van der Waals surface area (Å²) in [6.45, 7) is 0.0888. The third kappa shape index (κ3) is 2.21. The van der Waals surface area contributed by atoms with E-state index in [9.17, 15) is 4.79 Å². The molecule has 1 N–H and O–H groups in total. The van der Waals surface area contributed by atoms with Crippen LogP contribution in [0.5, 0.6) is 0 Å². The van der Waals surface area contributed by atoms with E-state index in [1.165, 1.54) is 6.33 Å². The third-order valence-corrected chi connectivity index (χ3v) is 1.44. The summed E-state index contributed by atoms with van der Waals surface area (Å²) in [6.07, 6.45) is 3.38. The Balaban J connectivity index is 2.47. The van der Waals surface area contributed by atoms with E-state index in [0.29, 0.717) is 0 Å². The van der Waals surface area contributed by atoms with Gasteiger partial charge < -0.3 is 14.0 Å². The third-order valence-electron chi connectivity index (χ3n) is 1.29. The van der Waals surface area contributed by atoms with Gasteiger partial charge in [0, 0.05) is 12.4 Å². The lowest BCUT2D eigenvalue weighted by Crippen LogP contribution is -2.25. The van der Waals surface area contributed by atoms with Crippen molar-refractivity contribution in [3.63, 3.8) is 0 Å². The minimum atomic E-state index is -1.25. The first-order valence-electron chi connectivity index (χ1n) is 3.20. The number of imidazole rings is 1. The van der Waals surface area contributed by atoms with Crippen LogP contribution in [0.2, 0.25) is 0 Å². The second kappa shape index (κ2) is 4.08. The molecule has 0 saturated carbocycles. The zero-order valence-corrected chi connectivity index (χ0v) is 6.81. The van der Waals surface area contributed by atoms with Crippen LogP contribution in [0.3, 0.4) is 0 Å². The molecule has 1 aromatic rings. The van der Waals surface area contributed by atoms with Gasteiger partial charge >= 0.3 is 5.97 Å². The lowest BCUT2D eigenvalue weighted by atomic mass is 10.3. The summed E-state index contributed by atoms with van der Waals surface area (Å²) in [5, 5.41) is 9.08. The fourth-order valence-corrected chi connectivity index (χ4v) is 0.823. The van der Waals surface area contributed by atoms with E-state index in [-0.39, 0.29) is 6.54 Å². The maximum absolute atomic E-state index is 10.6. The summed E-state index contributed by atoms with van der Waals surface area (Å²) in [5.74, 6) is -0.870. The average molecular weight is 191 g/mol. The highest BCUT2D eigenvalue weighted by Gasteiger charge is 2.16. The van der Waals surface area contributed by atoms with Crippen LogP contribution in [-0.4, -0.2) is 26.7 Å². The fourth-order valence-electron chi connectivity index (χ4n) is 0.720. The van der Waals surface area contributed by atoms with Crippen molar-refractivity contribution in [2.24, 2.45) is 0 Å². The lowest BCUT2D eigenvalue weighted by Gasteiger charge is -2.06. The minimum Gasteiger partial charge on any atom is -0.380 e. The van der Waals surface area contributed by atoms with Gasteiger partial charge in [-0.1, -0.05) is 0 Å². The van der Waals surface area contributed by atoms with Gasteiger partial charge in [0.25, 0.3) is 0 Å². The molecule has 0 aliphatic heterocycles. The van der Waals surface area contributed by atoms with E-state index in [4.69, 9.17) is 17.0 Å². The molecule has 0 unspecified atom stereocenters. The number of rotatable bonds is 3. The van der Waals surface area contributed by atoms with Crippen LogP contribution in [0.1, 0.15) is 0 Å². The number of halogens is 1. The van der Waals surface area contributed by atoms with Crippen molar-refractivity contribution < 1.29 is 14.2 Å². The molecule has 0 aliphatic rings. The summed E-state index contributed by atoms with van der Waals surface area (Å²) >= 11 is 4.75. The smallest absolute Gasteiger partial charge is 0.354 e. The minimum absolute atomic E-state index is 0.0888. The highest BCUT2D eigenvalue weighted by molar-refractivity contribution is 6.13. The van der Waals surface area contributed by atoms with Gasteiger partial charge in [-0.3, -0.25) is 0 Å². The van der Waals surface area contributed by atoms with Crippen molar-refractivity contribution in [1.29, 1.82) is 0 Å². The van der Waals surface area contributed by atoms with Gasteiger partial charge in [0.15, 0.2) is 6.10 Å². The lowest BCUT2D eigenvalue weighted by molar-refractivity contribution is -0.143. The molecule has 0 spiro atoms. The predicted octanol–water partition coefficient (Wildman–Crippen LogP) is -0.0590. The molecule has 5 nitrogen and oxygen atoms in total. The molecule has 66 valence electrons. The highest BCUT2D eigenvalue weighted by atomic mass is 35.5. The van der Waals surface area contributed by atoms with Crippen LogP contribution < -0.4 is 0 Å². The van der Waals surface area contributed by atoms with Crippen LogP contribution in [0.15, 0.2) is 18.7 Å². The zero-order valence-electron chi connectivity index (χ0n) is 6.05. The molecule has 0 aromatic carbocycles. The van der Waals surface area contributed by atoms with Crippen molar-refractivity contribution in [3.8, 4) is 0 Å². The Bertz CT molecular complexity index is 249. The van der Waals surface area contributed by atoms with Gasteiger partial charge in [-0.2, -0.15) is 0 Å². The van der Waals surface area contributed by atoms with E-state index in [0.717, 1.165) is 0 Å². The number of aliphatic hydroxyl groups excluding tert-OH is 1. The Morgan fingerprint density at radius 1 is 1.83 bits per heavy atom. The van der Waals surface area contributed by atoms with Gasteiger partial charge in [-0.25, -0.2) is 9.78 Å². The topological polar surface area (TPSA) is 64.3 Å². The van der Waals surface area contributed by atoms with E-state index >= 15 is 0 Å². The summed E-state index contributed by atoms with van der Waals surface area (Å²) in [6, 6.07) is 0. The van der Waals surface area contributed by atoms with E-state index < -0.39 is 12.1 Å². The molecule has 0 amide bonds. The molecule has 0 saturated heterocycles. The first-order chi connectivity index (χ1) is 5.74. The molecule has 1 atom stereocenters. The van der Waals surface area contributed by atoms with Crippen molar-refractivity contribution in [2.75, 3.05) is 0 Å². The Morgan fingerprint density at radius 3 is 3.08 bits per heavy atom. The molecule has 0 fully saturated rings. The molecule has 0 radical (unpaired) electrons. The SMILES string of the molecule is O=C(OCl)[C@H](O)Cn1ccnc1. The largest absolute Gasteiger partial charge is 0.380 e. The van der Waals surface area contributed by atoms with Crippen LogP contribution in [-0.2, 0) is 15.6 Å². The van der Waals surface area contributed by atoms with Crippen LogP contribution in [0.4, 0.5) is 0 Å². The summed E-state index contributed by atoms with van der Waals surface area (Å²) < 4.78 is 5.35. The predicted molar refractivity (Wildman–Crippen MR) is 40.2 cm³/mol. The van der Waals surface area contributed by atoms with Crippen LogP contribution in [0.25, 0.3) is 0 Å². The van der Waals surface area contributed by atoms with Crippen LogP contribution >= 0.6 is 11.9 Å². The molecule has 0 bridgehead atoms. The van der Waals surface area contributed by atoms with Gasteiger partial charge in [0.05, 0.1) is 12.9 Å². The molecular weight excluding hydrogens is 184 g/mol. The Hall–Kier alpha value is -1.07. The van der Waals surface area contributed by atoms with Crippen LogP contribution in [0, 0.1) is 0 Å². The number of aliphatic hydroxyl groups is 1. The Morgan fingerprint density at radius 2 is 2.58 bits per heavy atom. The van der Waals surface area contributed by atoms with Gasteiger partial charge in [0.1, 0.15) is 11.9 Å². The standard InChI is InChI=1S/C6H7ClN2O3/c7-12-6(11)5(10)3-9-2-1-8-4-9/h1-2,4-5,10H,3H2/t5-/m1/s1. The first kappa shape index (κ1) is 9.02. The van der Waals surface area contributed by atoms with E-state index in [1.807, 2.05) is 0 Å². The first-order valence-corrected chi connectivity index (χ1v) is 3.51. The average Bonchev–Trinajstić information content (AvgIpc) is 2.55. The molecule has 6 heteroatoms. The maximum atomic E-state index is 10.6. The second-order valence-electron chi connectivity index (χ2n) is 2.17. The summed E-state index contributed by atoms with van der Waals surface area (Å²) in [4.78, 5) is 14.3. The number of hydrogen-bond donors (Lipinski definition) is 1. The van der Waals surface area contributed by atoms with E-state index in [1.54, 1.807) is 17.0 Å². The quantitative estimate of drug-likeness (QED) is 0.726. The number of carbonyl (C=O) groups is 1. The number of aromatic nitrogens is 2. The zero-order chi connectivity index (χ0) is 8.97. The summed E-state index contributed by atoms with van der Waals surface area (Å²) in [5.41, 5.74) is 0. The monoisotopic (exact) mass is 190 g/mol. The Labute approximate surface area is 73.7 Å². The number of carbonyl (C=O) groups excluding carboxylic acids is 1. The van der Waals surface area contributed by atoms with Crippen molar-refractivity contribution in [2.45, 2.75) is 12.6 Å². The Kier molecular flexibility index (Phi) is 3.07. The number of nitrogens with zero attached hydrogens (tertiary/aromatic N) is 2. The molecule has 1 rings (SSSR count). The fraction of sp³-hybridized carbons (Fsp3) is 0.333. The number of hydrogen-bond acceptors (Lipinski definition) is 4. The van der Waals surface area contributed by atoms with E-state index in [2.05, 4.69) is 9.27 Å². The van der Waals surface area contributed by atoms with Crippen molar-refractivity contribution in [1.82, 2.24) is 9.55 Å². The molecule has 12 heavy (non-hydrogen) atoms. The molecule has 0 aliphatic carbocycles. The van der Waals surface area contributed by atoms with Crippen molar-refractivity contribution in [3.05, 3.63) is 18.7 Å². The van der Waals surface area contributed by atoms with Gasteiger partial charge in [0.2, 0.25) is 0 Å². The van der Waals surface area contributed by atoms with Crippen molar-refractivity contribution >= 4 is 17.8 Å².